The van der Waals surface area contributed by atoms with Crippen LogP contribution in [0.3, 0.4) is 0 Å². The van der Waals surface area contributed by atoms with Crippen molar-refractivity contribution in [1.29, 1.82) is 0 Å². The standard InChI is InChI=1S/C4H12N2.CH3NO/c1-3-6(5)4-2;2-1-3/h3-5H2,1-2H3;1H,(H2,2,3). The molecule has 4 nitrogen and oxygen atoms in total. The average Bonchev–Trinajstić information content (AvgIpc) is 1.88. The van der Waals surface area contributed by atoms with Crippen molar-refractivity contribution >= 4 is 6.41 Å². The molecule has 0 fully saturated rings. The van der Waals surface area contributed by atoms with Crippen LogP contribution in [0.5, 0.6) is 0 Å². The zero-order valence-electron chi connectivity index (χ0n) is 6.00. The Kier molecular flexibility index (Phi) is 13.0. The minimum atomic E-state index is 0.250. The quantitative estimate of drug-likeness (QED) is 0.297. The number of amides is 1. The molecule has 0 atom stereocenters. The Balaban J connectivity index is 0. The molecule has 0 unspecified atom stereocenters. The van der Waals surface area contributed by atoms with Crippen LogP contribution in [-0.2, 0) is 4.79 Å². The molecular formula is C5H15N3O. The van der Waals surface area contributed by atoms with E-state index in [4.69, 9.17) is 10.6 Å². The monoisotopic (exact) mass is 133 g/mol. The summed E-state index contributed by atoms with van der Waals surface area (Å²) in [6, 6.07) is 0. The van der Waals surface area contributed by atoms with Gasteiger partial charge in [-0.1, -0.05) is 13.8 Å². The highest BCUT2D eigenvalue weighted by molar-refractivity contribution is 5.42. The summed E-state index contributed by atoms with van der Waals surface area (Å²) < 4.78 is 0. The van der Waals surface area contributed by atoms with Crippen molar-refractivity contribution in [2.45, 2.75) is 13.8 Å². The molecule has 0 bridgehead atoms. The van der Waals surface area contributed by atoms with Crippen molar-refractivity contribution in [2.75, 3.05) is 13.1 Å². The molecule has 56 valence electrons. The van der Waals surface area contributed by atoms with Gasteiger partial charge in [-0.15, -0.1) is 0 Å². The summed E-state index contributed by atoms with van der Waals surface area (Å²) in [5.41, 5.74) is 4.17. The lowest BCUT2D eigenvalue weighted by atomic mass is 10.6. The fourth-order valence-electron chi connectivity index (χ4n) is 0.224. The lowest BCUT2D eigenvalue weighted by molar-refractivity contribution is -0.106. The Morgan fingerprint density at radius 2 is 1.67 bits per heavy atom. The molecule has 0 aromatic carbocycles. The summed E-state index contributed by atoms with van der Waals surface area (Å²) in [6.07, 6.45) is 0.250. The van der Waals surface area contributed by atoms with Gasteiger partial charge in [0.2, 0.25) is 6.41 Å². The molecule has 0 aromatic rings. The van der Waals surface area contributed by atoms with E-state index in [0.717, 1.165) is 13.1 Å². The first-order valence-electron chi connectivity index (χ1n) is 2.87. The molecule has 0 aliphatic heterocycles. The SMILES string of the molecule is CCN(N)CC.NC=O. The summed E-state index contributed by atoms with van der Waals surface area (Å²) in [4.78, 5) is 8.58. The van der Waals surface area contributed by atoms with Gasteiger partial charge in [0.1, 0.15) is 0 Å². The molecule has 4 N–H and O–H groups in total. The Labute approximate surface area is 55.8 Å². The van der Waals surface area contributed by atoms with Crippen LogP contribution in [-0.4, -0.2) is 24.5 Å². The molecule has 0 radical (unpaired) electrons. The molecule has 0 spiro atoms. The average molecular weight is 133 g/mol. The number of hydrogen-bond acceptors (Lipinski definition) is 3. The van der Waals surface area contributed by atoms with E-state index in [1.165, 1.54) is 0 Å². The molecule has 0 aromatic heterocycles. The second-order valence-corrected chi connectivity index (χ2v) is 1.36. The van der Waals surface area contributed by atoms with E-state index in [-0.39, 0.29) is 6.41 Å². The molecule has 0 saturated carbocycles. The fraction of sp³-hybridized carbons (Fsp3) is 0.800. The number of rotatable bonds is 2. The molecule has 0 saturated heterocycles. The van der Waals surface area contributed by atoms with Crippen molar-refractivity contribution in [3.05, 3.63) is 0 Å². The van der Waals surface area contributed by atoms with E-state index in [0.29, 0.717) is 0 Å². The van der Waals surface area contributed by atoms with Crippen LogP contribution in [0.1, 0.15) is 13.8 Å². The number of hydrogen-bond donors (Lipinski definition) is 2. The van der Waals surface area contributed by atoms with Crippen LogP contribution in [0.4, 0.5) is 0 Å². The number of nitrogens with two attached hydrogens (primary N) is 2. The predicted octanol–water partition coefficient (Wildman–Crippen LogP) is -0.697. The summed E-state index contributed by atoms with van der Waals surface area (Å²) in [6.45, 7) is 5.94. The Morgan fingerprint density at radius 3 is 1.67 bits per heavy atom. The lowest BCUT2D eigenvalue weighted by Gasteiger charge is -2.07. The smallest absolute Gasteiger partial charge is 0.204 e. The zero-order valence-corrected chi connectivity index (χ0v) is 6.00. The molecular weight excluding hydrogens is 118 g/mol. The van der Waals surface area contributed by atoms with Gasteiger partial charge in [0, 0.05) is 13.1 Å². The molecule has 1 amide bonds. The fourth-order valence-corrected chi connectivity index (χ4v) is 0.224. The highest BCUT2D eigenvalue weighted by Crippen LogP contribution is 1.68. The topological polar surface area (TPSA) is 72.3 Å². The van der Waals surface area contributed by atoms with Gasteiger partial charge in [0.05, 0.1) is 0 Å². The number of primary amides is 1. The van der Waals surface area contributed by atoms with Crippen LogP contribution >= 0.6 is 0 Å². The van der Waals surface area contributed by atoms with Gasteiger partial charge in [-0.05, 0) is 0 Å². The highest BCUT2D eigenvalue weighted by atomic mass is 16.1. The summed E-state index contributed by atoms with van der Waals surface area (Å²) in [7, 11) is 0. The number of carbonyl (C=O) groups excluding carboxylic acids is 1. The van der Waals surface area contributed by atoms with Crippen LogP contribution in [0, 0.1) is 0 Å². The maximum atomic E-state index is 8.58. The van der Waals surface area contributed by atoms with Crippen molar-refractivity contribution in [2.24, 2.45) is 11.6 Å². The van der Waals surface area contributed by atoms with Gasteiger partial charge in [-0.2, -0.15) is 0 Å². The molecule has 4 heteroatoms. The van der Waals surface area contributed by atoms with Crippen LogP contribution in [0.25, 0.3) is 0 Å². The first-order chi connectivity index (χ1) is 4.22. The minimum Gasteiger partial charge on any atom is -0.372 e. The number of hydrazine groups is 1. The Morgan fingerprint density at radius 1 is 1.44 bits per heavy atom. The first-order valence-corrected chi connectivity index (χ1v) is 2.87. The molecule has 9 heavy (non-hydrogen) atoms. The molecule has 0 heterocycles. The van der Waals surface area contributed by atoms with Gasteiger partial charge >= 0.3 is 0 Å². The summed E-state index contributed by atoms with van der Waals surface area (Å²) >= 11 is 0. The van der Waals surface area contributed by atoms with E-state index >= 15 is 0 Å². The second-order valence-electron chi connectivity index (χ2n) is 1.36. The van der Waals surface area contributed by atoms with Crippen LogP contribution < -0.4 is 11.6 Å². The Hall–Kier alpha value is -0.610. The van der Waals surface area contributed by atoms with Crippen LogP contribution in [0.2, 0.25) is 0 Å². The molecule has 0 aliphatic rings. The minimum absolute atomic E-state index is 0.250. The van der Waals surface area contributed by atoms with Gasteiger partial charge < -0.3 is 5.73 Å². The maximum Gasteiger partial charge on any atom is 0.204 e. The zero-order chi connectivity index (χ0) is 7.70. The third kappa shape index (κ3) is 18.7. The predicted molar refractivity (Wildman–Crippen MR) is 37.4 cm³/mol. The third-order valence-electron chi connectivity index (χ3n) is 0.812. The van der Waals surface area contributed by atoms with E-state index in [1.807, 2.05) is 13.8 Å². The van der Waals surface area contributed by atoms with Gasteiger partial charge in [0.15, 0.2) is 0 Å². The van der Waals surface area contributed by atoms with Crippen molar-refractivity contribution in [1.82, 2.24) is 5.01 Å². The third-order valence-corrected chi connectivity index (χ3v) is 0.812. The van der Waals surface area contributed by atoms with Gasteiger partial charge in [-0.3, -0.25) is 10.6 Å². The van der Waals surface area contributed by atoms with E-state index in [1.54, 1.807) is 5.01 Å². The molecule has 0 rings (SSSR count). The second kappa shape index (κ2) is 10.4. The van der Waals surface area contributed by atoms with Crippen molar-refractivity contribution in [3.63, 3.8) is 0 Å². The van der Waals surface area contributed by atoms with Gasteiger partial charge in [0.25, 0.3) is 0 Å². The molecule has 0 aliphatic carbocycles. The van der Waals surface area contributed by atoms with E-state index in [9.17, 15) is 0 Å². The van der Waals surface area contributed by atoms with Crippen molar-refractivity contribution in [3.8, 4) is 0 Å². The first kappa shape index (κ1) is 11.2. The highest BCUT2D eigenvalue weighted by Gasteiger charge is 1.82. The normalized spacial score (nSPS) is 8.00. The van der Waals surface area contributed by atoms with Crippen LogP contribution in [0.15, 0.2) is 0 Å². The number of carbonyl (C=O) groups is 1. The van der Waals surface area contributed by atoms with E-state index in [2.05, 4.69) is 5.73 Å². The number of nitrogens with zero attached hydrogens (tertiary/aromatic N) is 1. The van der Waals surface area contributed by atoms with E-state index < -0.39 is 0 Å². The lowest BCUT2D eigenvalue weighted by Crippen LogP contribution is -2.29. The van der Waals surface area contributed by atoms with Gasteiger partial charge in [-0.25, -0.2) is 5.01 Å². The maximum absolute atomic E-state index is 8.58. The largest absolute Gasteiger partial charge is 0.372 e. The summed E-state index contributed by atoms with van der Waals surface area (Å²) in [5, 5.41) is 1.75. The van der Waals surface area contributed by atoms with Crippen molar-refractivity contribution < 1.29 is 4.79 Å². The summed E-state index contributed by atoms with van der Waals surface area (Å²) in [5.74, 6) is 5.31. The Bertz CT molecular complexity index is 54.2.